The lowest BCUT2D eigenvalue weighted by molar-refractivity contribution is -0.134. The highest BCUT2D eigenvalue weighted by atomic mass is 32.2. The lowest BCUT2D eigenvalue weighted by Crippen LogP contribution is -2.51. The molecule has 1 N–H and O–H groups in total. The van der Waals surface area contributed by atoms with E-state index in [9.17, 15) is 13.2 Å². The van der Waals surface area contributed by atoms with Gasteiger partial charge in [0.05, 0.1) is 4.90 Å². The monoisotopic (exact) mass is 387 g/mol. The average Bonchev–Trinajstić information content (AvgIpc) is 2.67. The number of carbonyl (C=O) groups excluding carboxylic acids is 1. The van der Waals surface area contributed by atoms with E-state index in [0.717, 1.165) is 18.7 Å². The second kappa shape index (κ2) is 8.21. The molecule has 1 fully saturated rings. The van der Waals surface area contributed by atoms with Gasteiger partial charge in [0, 0.05) is 26.2 Å². The van der Waals surface area contributed by atoms with Crippen LogP contribution >= 0.6 is 0 Å². The zero-order chi connectivity index (χ0) is 19.4. The number of nitrogens with one attached hydrogen (secondary N) is 1. The molecule has 144 valence electrons. The van der Waals surface area contributed by atoms with Crippen LogP contribution in [-0.2, 0) is 14.8 Å². The Balaban J connectivity index is 1.88. The van der Waals surface area contributed by atoms with Crippen LogP contribution in [0.15, 0.2) is 59.5 Å². The molecule has 0 saturated carbocycles. The lowest BCUT2D eigenvalue weighted by Gasteiger charge is -2.34. The van der Waals surface area contributed by atoms with Gasteiger partial charge in [-0.1, -0.05) is 48.0 Å². The third-order valence-corrected chi connectivity index (χ3v) is 6.24. The van der Waals surface area contributed by atoms with Crippen molar-refractivity contribution in [3.8, 4) is 0 Å². The Kier molecular flexibility index (Phi) is 5.94. The summed E-state index contributed by atoms with van der Waals surface area (Å²) in [6.07, 6.45) is 0. The number of aryl methyl sites for hydroxylation is 1. The molecule has 0 aromatic heterocycles. The molecular weight excluding hydrogens is 362 g/mol. The fraction of sp³-hybridized carbons (Fsp3) is 0.350. The molecule has 27 heavy (non-hydrogen) atoms. The minimum Gasteiger partial charge on any atom is -0.338 e. The predicted molar refractivity (Wildman–Crippen MR) is 105 cm³/mol. The second-order valence-electron chi connectivity index (χ2n) is 6.91. The van der Waals surface area contributed by atoms with Gasteiger partial charge in [-0.05, 0) is 31.7 Å². The Morgan fingerprint density at radius 1 is 0.963 bits per heavy atom. The van der Waals surface area contributed by atoms with Crippen LogP contribution in [0.25, 0.3) is 0 Å². The zero-order valence-electron chi connectivity index (χ0n) is 15.6. The molecule has 1 amide bonds. The number of nitrogens with zero attached hydrogens (tertiary/aromatic N) is 2. The lowest BCUT2D eigenvalue weighted by atomic mass is 10.1. The molecule has 1 aliphatic rings. The van der Waals surface area contributed by atoms with Crippen molar-refractivity contribution in [2.24, 2.45) is 0 Å². The number of likely N-dealkylation sites (N-methyl/N-ethyl adjacent to an activating group) is 1. The largest absolute Gasteiger partial charge is 0.338 e. The van der Waals surface area contributed by atoms with Crippen LogP contribution < -0.4 is 4.72 Å². The third-order valence-electron chi connectivity index (χ3n) is 4.80. The molecule has 2 aromatic rings. The Morgan fingerprint density at radius 2 is 1.56 bits per heavy atom. The number of sulfonamides is 1. The van der Waals surface area contributed by atoms with E-state index in [4.69, 9.17) is 0 Å². The molecule has 0 bridgehead atoms. The van der Waals surface area contributed by atoms with Gasteiger partial charge in [-0.15, -0.1) is 0 Å². The van der Waals surface area contributed by atoms with E-state index in [-0.39, 0.29) is 10.8 Å². The van der Waals surface area contributed by atoms with E-state index < -0.39 is 16.1 Å². The van der Waals surface area contributed by atoms with Crippen molar-refractivity contribution in [1.29, 1.82) is 0 Å². The molecule has 0 unspecified atom stereocenters. The SMILES string of the molecule is Cc1ccc(S(=O)(=O)N[C@H](C(=O)N2CCN(C)CC2)c2ccccc2)cc1. The maximum Gasteiger partial charge on any atom is 0.245 e. The van der Waals surface area contributed by atoms with E-state index >= 15 is 0 Å². The van der Waals surface area contributed by atoms with Gasteiger partial charge in [0.15, 0.2) is 0 Å². The predicted octanol–water partition coefficient (Wildman–Crippen LogP) is 1.79. The smallest absolute Gasteiger partial charge is 0.245 e. The van der Waals surface area contributed by atoms with Gasteiger partial charge in [-0.25, -0.2) is 8.42 Å². The Bertz CT molecular complexity index is 874. The molecular formula is C20H25N3O3S. The zero-order valence-corrected chi connectivity index (χ0v) is 16.4. The summed E-state index contributed by atoms with van der Waals surface area (Å²) in [5, 5.41) is 0. The highest BCUT2D eigenvalue weighted by Gasteiger charge is 2.31. The molecule has 0 aliphatic carbocycles. The number of hydrogen-bond donors (Lipinski definition) is 1. The first kappa shape index (κ1) is 19.5. The summed E-state index contributed by atoms with van der Waals surface area (Å²) in [4.78, 5) is 17.2. The standard InChI is InChI=1S/C20H25N3O3S/c1-16-8-10-18(11-9-16)27(25,26)21-19(17-6-4-3-5-7-17)20(24)23-14-12-22(2)13-15-23/h3-11,19,21H,12-15H2,1-2H3/t19-/m0/s1. The van der Waals surface area contributed by atoms with Gasteiger partial charge >= 0.3 is 0 Å². The summed E-state index contributed by atoms with van der Waals surface area (Å²) in [5.41, 5.74) is 1.61. The second-order valence-corrected chi connectivity index (χ2v) is 8.62. The summed E-state index contributed by atoms with van der Waals surface area (Å²) in [7, 11) is -1.82. The normalized spacial score (nSPS) is 16.9. The fourth-order valence-electron chi connectivity index (χ4n) is 3.06. The van der Waals surface area contributed by atoms with Crippen molar-refractivity contribution in [2.75, 3.05) is 33.2 Å². The van der Waals surface area contributed by atoms with Crippen LogP contribution in [0.5, 0.6) is 0 Å². The molecule has 7 heteroatoms. The minimum atomic E-state index is -3.83. The first-order valence-electron chi connectivity index (χ1n) is 8.98. The van der Waals surface area contributed by atoms with Crippen molar-refractivity contribution in [3.05, 3.63) is 65.7 Å². The van der Waals surface area contributed by atoms with Crippen LogP contribution in [0.2, 0.25) is 0 Å². The minimum absolute atomic E-state index is 0.153. The third kappa shape index (κ3) is 4.74. The van der Waals surface area contributed by atoms with Crippen LogP contribution in [0, 0.1) is 6.92 Å². The summed E-state index contributed by atoms with van der Waals surface area (Å²) in [5.74, 6) is -0.218. The number of amides is 1. The van der Waals surface area contributed by atoms with Gasteiger partial charge in [0.1, 0.15) is 6.04 Å². The molecule has 3 rings (SSSR count). The van der Waals surface area contributed by atoms with E-state index in [1.807, 2.05) is 20.0 Å². The number of rotatable bonds is 5. The maximum atomic E-state index is 13.1. The topological polar surface area (TPSA) is 69.7 Å². The molecule has 2 aromatic carbocycles. The molecule has 0 spiro atoms. The van der Waals surface area contributed by atoms with E-state index in [2.05, 4.69) is 9.62 Å². The summed E-state index contributed by atoms with van der Waals surface area (Å²) in [6, 6.07) is 14.7. The van der Waals surface area contributed by atoms with Crippen LogP contribution in [0.1, 0.15) is 17.2 Å². The van der Waals surface area contributed by atoms with Gasteiger partial charge in [0.25, 0.3) is 0 Å². The van der Waals surface area contributed by atoms with Crippen LogP contribution in [0.4, 0.5) is 0 Å². The number of benzene rings is 2. The number of hydrogen-bond acceptors (Lipinski definition) is 4. The van der Waals surface area contributed by atoms with Gasteiger partial charge in [-0.2, -0.15) is 4.72 Å². The first-order chi connectivity index (χ1) is 12.9. The average molecular weight is 388 g/mol. The molecule has 1 heterocycles. The first-order valence-corrected chi connectivity index (χ1v) is 10.5. The highest BCUT2D eigenvalue weighted by Crippen LogP contribution is 2.21. The number of carbonyl (C=O) groups is 1. The van der Waals surface area contributed by atoms with Gasteiger partial charge in [0.2, 0.25) is 15.9 Å². The molecule has 1 atom stereocenters. The summed E-state index contributed by atoms with van der Waals surface area (Å²) >= 11 is 0. The van der Waals surface area contributed by atoms with Crippen molar-refractivity contribution in [2.45, 2.75) is 17.9 Å². The van der Waals surface area contributed by atoms with Crippen LogP contribution in [-0.4, -0.2) is 57.4 Å². The maximum absolute atomic E-state index is 13.1. The summed E-state index contributed by atoms with van der Waals surface area (Å²) in [6.45, 7) is 4.62. The quantitative estimate of drug-likeness (QED) is 0.849. The molecule has 1 aliphatic heterocycles. The summed E-state index contributed by atoms with van der Waals surface area (Å²) < 4.78 is 28.4. The number of piperazine rings is 1. The van der Waals surface area contributed by atoms with Gasteiger partial charge < -0.3 is 9.80 Å². The van der Waals surface area contributed by atoms with Crippen molar-refractivity contribution >= 4 is 15.9 Å². The van der Waals surface area contributed by atoms with E-state index in [0.29, 0.717) is 18.7 Å². The molecule has 1 saturated heterocycles. The van der Waals surface area contributed by atoms with E-state index in [1.54, 1.807) is 53.4 Å². The van der Waals surface area contributed by atoms with Crippen molar-refractivity contribution < 1.29 is 13.2 Å². The van der Waals surface area contributed by atoms with Gasteiger partial charge in [-0.3, -0.25) is 4.79 Å². The fourth-order valence-corrected chi connectivity index (χ4v) is 4.23. The Labute approximate surface area is 160 Å². The molecule has 6 nitrogen and oxygen atoms in total. The highest BCUT2D eigenvalue weighted by molar-refractivity contribution is 7.89. The van der Waals surface area contributed by atoms with Crippen molar-refractivity contribution in [3.63, 3.8) is 0 Å². The van der Waals surface area contributed by atoms with E-state index in [1.165, 1.54) is 0 Å². The Hall–Kier alpha value is -2.22. The molecule has 0 radical (unpaired) electrons. The van der Waals surface area contributed by atoms with Crippen molar-refractivity contribution in [1.82, 2.24) is 14.5 Å². The van der Waals surface area contributed by atoms with Crippen LogP contribution in [0.3, 0.4) is 0 Å². The Morgan fingerprint density at radius 3 is 2.15 bits per heavy atom.